The van der Waals surface area contributed by atoms with E-state index in [0.29, 0.717) is 23.3 Å². The van der Waals surface area contributed by atoms with E-state index in [1.807, 2.05) is 19.4 Å². The number of benzene rings is 2. The average molecular weight is 946 g/mol. The Labute approximate surface area is 422 Å². The molecule has 0 saturated heterocycles. The SMILES string of the molecule is CCCCC(CCCC)c1cc(C)c(O)c(C=NC(C)(C)C(C)(C)N=Cc2cc(C(CCC[N+](CCCC)(CCCC)CCCC)CCC[N+](CCCC)(CCCC)CCCC)cc(C)c2O)c1. The van der Waals surface area contributed by atoms with Gasteiger partial charge < -0.3 is 19.2 Å². The van der Waals surface area contributed by atoms with E-state index >= 15 is 0 Å². The number of quaternary nitrogens is 2. The first-order valence-electron chi connectivity index (χ1n) is 28.9. The summed E-state index contributed by atoms with van der Waals surface area (Å²) >= 11 is 0. The summed E-state index contributed by atoms with van der Waals surface area (Å²) in [6, 6.07) is 8.95. The highest BCUT2D eigenvalue weighted by molar-refractivity contribution is 5.86. The third kappa shape index (κ3) is 20.2. The van der Waals surface area contributed by atoms with Crippen LogP contribution in [0.3, 0.4) is 0 Å². The summed E-state index contributed by atoms with van der Waals surface area (Å²) in [5, 5.41) is 23.0. The molecule has 0 heterocycles. The van der Waals surface area contributed by atoms with Crippen molar-refractivity contribution in [2.75, 3.05) is 52.4 Å². The molecule has 0 aromatic heterocycles. The van der Waals surface area contributed by atoms with Crippen LogP contribution in [-0.2, 0) is 0 Å². The van der Waals surface area contributed by atoms with Gasteiger partial charge in [0, 0.05) is 23.6 Å². The van der Waals surface area contributed by atoms with Gasteiger partial charge in [-0.2, -0.15) is 0 Å². The lowest BCUT2D eigenvalue weighted by Gasteiger charge is -2.40. The Morgan fingerprint density at radius 1 is 0.412 bits per heavy atom. The molecule has 68 heavy (non-hydrogen) atoms. The second kappa shape index (κ2) is 32.3. The van der Waals surface area contributed by atoms with E-state index in [4.69, 9.17) is 9.98 Å². The number of phenolic OH excluding ortho intramolecular Hbond substituents is 2. The third-order valence-electron chi connectivity index (χ3n) is 16.3. The Bertz CT molecular complexity index is 1640. The molecule has 0 atom stereocenters. The highest BCUT2D eigenvalue weighted by Crippen LogP contribution is 2.37. The molecule has 0 fully saturated rings. The molecular weight excluding hydrogens is 833 g/mol. The first kappa shape index (κ1) is 61.4. The summed E-state index contributed by atoms with van der Waals surface area (Å²) in [6.07, 6.45) is 31.3. The summed E-state index contributed by atoms with van der Waals surface area (Å²) in [5.74, 6) is 1.56. The monoisotopic (exact) mass is 945 g/mol. The van der Waals surface area contributed by atoms with Crippen LogP contribution in [0.1, 0.15) is 270 Å². The zero-order chi connectivity index (χ0) is 50.6. The Kier molecular flexibility index (Phi) is 29.2. The van der Waals surface area contributed by atoms with Crippen LogP contribution in [0, 0.1) is 13.8 Å². The second-order valence-corrected chi connectivity index (χ2v) is 22.7. The normalized spacial score (nSPS) is 13.1. The largest absolute Gasteiger partial charge is 0.507 e. The summed E-state index contributed by atoms with van der Waals surface area (Å²) in [6.45, 7) is 41.8. The van der Waals surface area contributed by atoms with Crippen LogP contribution in [0.4, 0.5) is 0 Å². The van der Waals surface area contributed by atoms with Crippen molar-refractivity contribution in [1.29, 1.82) is 0 Å². The highest BCUT2D eigenvalue weighted by atomic mass is 16.3. The van der Waals surface area contributed by atoms with Gasteiger partial charge in [-0.25, -0.2) is 0 Å². The van der Waals surface area contributed by atoms with Crippen LogP contribution in [0.5, 0.6) is 11.5 Å². The van der Waals surface area contributed by atoms with Gasteiger partial charge in [0.15, 0.2) is 0 Å². The number of aromatic hydroxyl groups is 2. The zero-order valence-electron chi connectivity index (χ0n) is 47.5. The first-order valence-corrected chi connectivity index (χ1v) is 28.9. The van der Waals surface area contributed by atoms with E-state index in [9.17, 15) is 10.2 Å². The maximum Gasteiger partial charge on any atom is 0.127 e. The van der Waals surface area contributed by atoms with Gasteiger partial charge in [0.1, 0.15) is 11.5 Å². The van der Waals surface area contributed by atoms with E-state index in [-0.39, 0.29) is 0 Å². The molecule has 0 saturated carbocycles. The van der Waals surface area contributed by atoms with Crippen molar-refractivity contribution in [3.63, 3.8) is 0 Å². The van der Waals surface area contributed by atoms with Crippen molar-refractivity contribution in [3.05, 3.63) is 57.6 Å². The van der Waals surface area contributed by atoms with Crippen molar-refractivity contribution in [2.24, 2.45) is 9.98 Å². The van der Waals surface area contributed by atoms with Crippen LogP contribution in [-0.4, -0.2) is 95.0 Å². The first-order chi connectivity index (χ1) is 32.5. The summed E-state index contributed by atoms with van der Waals surface area (Å²) in [4.78, 5) is 10.4. The minimum atomic E-state index is -0.597. The number of hydrogen-bond acceptors (Lipinski definition) is 4. The fraction of sp³-hybridized carbons (Fsp3) is 0.774. The quantitative estimate of drug-likeness (QED) is 0.0518. The molecule has 6 heteroatoms. The minimum absolute atomic E-state index is 0.311. The van der Waals surface area contributed by atoms with Gasteiger partial charge in [-0.15, -0.1) is 0 Å². The third-order valence-corrected chi connectivity index (χ3v) is 16.3. The molecule has 2 N–H and O–H groups in total. The minimum Gasteiger partial charge on any atom is -0.507 e. The van der Waals surface area contributed by atoms with Crippen molar-refractivity contribution < 1.29 is 19.2 Å². The fourth-order valence-electron chi connectivity index (χ4n) is 10.6. The highest BCUT2D eigenvalue weighted by Gasteiger charge is 2.36. The summed E-state index contributed by atoms with van der Waals surface area (Å²) < 4.78 is 2.58. The molecule has 0 bridgehead atoms. The van der Waals surface area contributed by atoms with E-state index in [0.717, 1.165) is 22.3 Å². The Hall–Kier alpha value is -2.70. The number of aliphatic imine (C=N–C) groups is 2. The molecule has 0 radical (unpaired) electrons. The lowest BCUT2D eigenvalue weighted by atomic mass is 9.83. The molecule has 2 aromatic carbocycles. The molecule has 2 rings (SSSR count). The van der Waals surface area contributed by atoms with E-state index in [1.54, 1.807) is 0 Å². The van der Waals surface area contributed by atoms with Crippen molar-refractivity contribution >= 4 is 12.4 Å². The molecule has 0 unspecified atom stereocenters. The van der Waals surface area contributed by atoms with Crippen LogP contribution < -0.4 is 0 Å². The van der Waals surface area contributed by atoms with Gasteiger partial charge in [0.05, 0.1) is 63.4 Å². The molecule has 0 amide bonds. The van der Waals surface area contributed by atoms with Gasteiger partial charge in [0.2, 0.25) is 0 Å². The predicted octanol–water partition coefficient (Wildman–Crippen LogP) is 17.4. The van der Waals surface area contributed by atoms with Gasteiger partial charge in [-0.3, -0.25) is 9.98 Å². The van der Waals surface area contributed by atoms with Crippen LogP contribution in [0.25, 0.3) is 0 Å². The van der Waals surface area contributed by atoms with E-state index < -0.39 is 11.1 Å². The summed E-state index contributed by atoms with van der Waals surface area (Å²) in [5.41, 5.74) is 4.92. The summed E-state index contributed by atoms with van der Waals surface area (Å²) in [7, 11) is 0. The number of rotatable bonds is 39. The number of hydrogen-bond donors (Lipinski definition) is 2. The van der Waals surface area contributed by atoms with Crippen molar-refractivity contribution in [2.45, 2.75) is 261 Å². The van der Waals surface area contributed by atoms with Gasteiger partial charge in [-0.1, -0.05) is 132 Å². The van der Waals surface area contributed by atoms with Crippen molar-refractivity contribution in [3.8, 4) is 11.5 Å². The molecule has 2 aromatic rings. The molecule has 6 nitrogen and oxygen atoms in total. The number of unbranched alkanes of at least 4 members (excludes halogenated alkanes) is 8. The number of aryl methyl sites for hydroxylation is 2. The average Bonchev–Trinajstić information content (AvgIpc) is 3.32. The Balaban J connectivity index is 2.60. The molecule has 0 aliphatic carbocycles. The smallest absolute Gasteiger partial charge is 0.127 e. The fourth-order valence-corrected chi connectivity index (χ4v) is 10.6. The standard InChI is InChI=1S/C62H110N4O2/c1-15-23-33-53(34-24-16-2)55-45-51(9)59(67)57(47-55)49-63-61(11,12)62(13,14)64-50-58-48-56(46-52(10)60(58)68)54(35-31-43-65(37-25-17-3,38-26-18-4)39-27-19-5)36-32-44-66(40-28-20-6,41-29-21-7)42-30-22-8/h45-50,53-54H,15-44H2,1-14H3/p+2. The molecule has 0 spiro atoms. The van der Waals surface area contributed by atoms with Gasteiger partial charge >= 0.3 is 0 Å². The van der Waals surface area contributed by atoms with Gasteiger partial charge in [0.25, 0.3) is 0 Å². The van der Waals surface area contributed by atoms with Crippen LogP contribution in [0.15, 0.2) is 34.3 Å². The van der Waals surface area contributed by atoms with Crippen LogP contribution >= 0.6 is 0 Å². The maximum absolute atomic E-state index is 11.7. The molecular formula is C62H112N4O2+2. The Morgan fingerprint density at radius 3 is 0.926 bits per heavy atom. The number of nitrogens with zero attached hydrogens (tertiary/aromatic N) is 4. The molecule has 0 aliphatic heterocycles. The lowest BCUT2D eigenvalue weighted by molar-refractivity contribution is -0.929. The molecule has 0 aliphatic rings. The maximum atomic E-state index is 11.7. The van der Waals surface area contributed by atoms with Crippen LogP contribution in [0.2, 0.25) is 0 Å². The lowest BCUT2D eigenvalue weighted by Crippen LogP contribution is -2.51. The van der Waals surface area contributed by atoms with E-state index in [1.165, 1.54) is 214 Å². The Morgan fingerprint density at radius 2 is 0.662 bits per heavy atom. The zero-order valence-corrected chi connectivity index (χ0v) is 47.5. The topological polar surface area (TPSA) is 65.2 Å². The van der Waals surface area contributed by atoms with E-state index in [2.05, 4.69) is 114 Å². The van der Waals surface area contributed by atoms with Crippen molar-refractivity contribution in [1.82, 2.24) is 0 Å². The number of phenols is 2. The predicted molar refractivity (Wildman–Crippen MR) is 301 cm³/mol. The molecule has 390 valence electrons. The van der Waals surface area contributed by atoms with Gasteiger partial charge in [-0.05, 0) is 165 Å². The second-order valence-electron chi connectivity index (χ2n) is 22.7.